The van der Waals surface area contributed by atoms with Crippen molar-refractivity contribution in [3.8, 4) is 0 Å². The number of esters is 1. The van der Waals surface area contributed by atoms with Gasteiger partial charge in [0, 0.05) is 5.56 Å². The molecule has 2 aromatic rings. The predicted octanol–water partition coefficient (Wildman–Crippen LogP) is 5.67. The van der Waals surface area contributed by atoms with Gasteiger partial charge in [0.2, 0.25) is 0 Å². The molecule has 0 aliphatic rings. The smallest absolute Gasteiger partial charge is 0.338 e. The van der Waals surface area contributed by atoms with E-state index in [0.29, 0.717) is 11.5 Å². The molecular weight excluding hydrogens is 378 g/mol. The zero-order valence-electron chi connectivity index (χ0n) is 15.8. The molecule has 1 unspecified atom stereocenters. The summed E-state index contributed by atoms with van der Waals surface area (Å²) in [5, 5.41) is 10.9. The largest absolute Gasteiger partial charge is 0.455 e. The van der Waals surface area contributed by atoms with Crippen LogP contribution in [0.5, 0.6) is 0 Å². The number of hydrogen-bond donors (Lipinski definition) is 1. The molecule has 0 aliphatic carbocycles. The average Bonchev–Trinajstić information content (AvgIpc) is 2.72. The molecule has 28 heavy (non-hydrogen) atoms. The number of hydroxylamine groups is 1. The molecule has 0 aromatic heterocycles. The number of ether oxygens (including phenoxy) is 1. The maximum absolute atomic E-state index is 12.5. The zero-order valence-corrected chi connectivity index (χ0v) is 16.6. The van der Waals surface area contributed by atoms with Crippen LogP contribution in [0.3, 0.4) is 0 Å². The number of carbonyl (C=O) groups is 2. The number of unbranched alkanes of at least 4 members (excludes halogenated alkanes) is 2. The van der Waals surface area contributed by atoms with E-state index in [-0.39, 0.29) is 21.8 Å². The summed E-state index contributed by atoms with van der Waals surface area (Å²) in [6, 6.07) is 12.5. The maximum Gasteiger partial charge on any atom is 0.338 e. The van der Waals surface area contributed by atoms with Crippen molar-refractivity contribution in [2.24, 2.45) is 0 Å². The van der Waals surface area contributed by atoms with Crippen LogP contribution < -0.4 is 5.06 Å². The average molecular weight is 402 g/mol. The Balaban J connectivity index is 2.16. The predicted molar refractivity (Wildman–Crippen MR) is 110 cm³/mol. The first-order chi connectivity index (χ1) is 13.5. The summed E-state index contributed by atoms with van der Waals surface area (Å²) in [6.07, 6.45) is 4.95. The van der Waals surface area contributed by atoms with Gasteiger partial charge in [0.25, 0.3) is 5.91 Å². The lowest BCUT2D eigenvalue weighted by atomic mass is 10.1. The first kappa shape index (κ1) is 21.7. The van der Waals surface area contributed by atoms with Crippen molar-refractivity contribution < 1.29 is 19.5 Å². The van der Waals surface area contributed by atoms with Crippen molar-refractivity contribution in [2.45, 2.75) is 38.7 Å². The van der Waals surface area contributed by atoms with Crippen LogP contribution in [0.1, 0.15) is 53.3 Å². The molecule has 1 amide bonds. The van der Waals surface area contributed by atoms with E-state index in [0.717, 1.165) is 19.3 Å². The second kappa shape index (κ2) is 10.6. The summed E-state index contributed by atoms with van der Waals surface area (Å²) in [7, 11) is 0. The van der Waals surface area contributed by atoms with Crippen LogP contribution in [-0.2, 0) is 4.74 Å². The Morgan fingerprint density at radius 1 is 1.18 bits per heavy atom. The number of carbonyl (C=O) groups excluding carboxylic acids is 2. The fraction of sp³-hybridized carbons (Fsp3) is 0.273. The standard InChI is InChI=1S/C22H24ClNO4/c1-3-5-7-12-18(4-2)28-22(26)17-13-14-19(23)20(15-17)24(27)21(25)16-10-8-6-9-11-16/h4,6,8-11,13-15,18,27H,2-3,5,7,12H2,1H3. The summed E-state index contributed by atoms with van der Waals surface area (Å²) in [6.45, 7) is 5.81. The number of rotatable bonds is 9. The quantitative estimate of drug-likeness (QED) is 0.193. The van der Waals surface area contributed by atoms with Crippen LogP contribution in [0.15, 0.2) is 61.2 Å². The van der Waals surface area contributed by atoms with Gasteiger partial charge in [-0.25, -0.2) is 4.79 Å². The van der Waals surface area contributed by atoms with E-state index in [1.165, 1.54) is 18.2 Å². The summed E-state index contributed by atoms with van der Waals surface area (Å²) in [5.41, 5.74) is 0.476. The molecule has 148 valence electrons. The Morgan fingerprint density at radius 3 is 2.54 bits per heavy atom. The SMILES string of the molecule is C=CC(CCCCC)OC(=O)c1ccc(Cl)c(N(O)C(=O)c2ccccc2)c1. The molecule has 5 nitrogen and oxygen atoms in total. The first-order valence-corrected chi connectivity index (χ1v) is 9.57. The second-order valence-corrected chi connectivity index (χ2v) is 6.73. The molecule has 0 saturated carbocycles. The minimum absolute atomic E-state index is 0.00565. The van der Waals surface area contributed by atoms with Gasteiger partial charge in [0.05, 0.1) is 16.3 Å². The molecule has 0 saturated heterocycles. The van der Waals surface area contributed by atoms with Gasteiger partial charge in [-0.3, -0.25) is 10.0 Å². The summed E-state index contributed by atoms with van der Waals surface area (Å²) >= 11 is 6.12. The van der Waals surface area contributed by atoms with Gasteiger partial charge in [-0.05, 0) is 43.2 Å². The first-order valence-electron chi connectivity index (χ1n) is 9.19. The number of anilines is 1. The minimum atomic E-state index is -0.656. The number of nitrogens with zero attached hydrogens (tertiary/aromatic N) is 1. The summed E-state index contributed by atoms with van der Waals surface area (Å²) in [5.74, 6) is -1.23. The third kappa shape index (κ3) is 5.68. The lowest BCUT2D eigenvalue weighted by molar-refractivity contribution is 0.0376. The van der Waals surface area contributed by atoms with E-state index in [2.05, 4.69) is 13.5 Å². The topological polar surface area (TPSA) is 66.8 Å². The van der Waals surface area contributed by atoms with Gasteiger partial charge in [-0.15, -0.1) is 0 Å². The van der Waals surface area contributed by atoms with Crippen molar-refractivity contribution in [1.29, 1.82) is 0 Å². The van der Waals surface area contributed by atoms with E-state index in [1.807, 2.05) is 0 Å². The Kier molecular flexibility index (Phi) is 8.23. The molecule has 6 heteroatoms. The molecule has 0 heterocycles. The van der Waals surface area contributed by atoms with Crippen LogP contribution in [0, 0.1) is 0 Å². The molecule has 2 aromatic carbocycles. The normalized spacial score (nSPS) is 11.5. The number of amides is 1. The molecule has 0 bridgehead atoms. The highest BCUT2D eigenvalue weighted by Gasteiger charge is 2.21. The Labute approximate surface area is 170 Å². The summed E-state index contributed by atoms with van der Waals surface area (Å²) < 4.78 is 5.47. The third-order valence-electron chi connectivity index (χ3n) is 4.24. The zero-order chi connectivity index (χ0) is 20.5. The molecule has 0 fully saturated rings. The van der Waals surface area contributed by atoms with Gasteiger partial charge >= 0.3 is 5.97 Å². The van der Waals surface area contributed by atoms with Gasteiger partial charge in [0.15, 0.2) is 0 Å². The second-order valence-electron chi connectivity index (χ2n) is 6.32. The van der Waals surface area contributed by atoms with Gasteiger partial charge in [-0.1, -0.05) is 62.2 Å². The van der Waals surface area contributed by atoms with Crippen LogP contribution >= 0.6 is 11.6 Å². The highest BCUT2D eigenvalue weighted by atomic mass is 35.5. The highest BCUT2D eigenvalue weighted by Crippen LogP contribution is 2.28. The van der Waals surface area contributed by atoms with Gasteiger partial charge in [-0.2, -0.15) is 5.06 Å². The van der Waals surface area contributed by atoms with Crippen molar-refractivity contribution in [3.05, 3.63) is 77.3 Å². The van der Waals surface area contributed by atoms with Crippen molar-refractivity contribution in [2.75, 3.05) is 5.06 Å². The monoisotopic (exact) mass is 401 g/mol. The van der Waals surface area contributed by atoms with Crippen molar-refractivity contribution in [3.63, 3.8) is 0 Å². The van der Waals surface area contributed by atoms with E-state index in [4.69, 9.17) is 16.3 Å². The van der Waals surface area contributed by atoms with Crippen LogP contribution in [-0.4, -0.2) is 23.2 Å². The number of benzene rings is 2. The van der Waals surface area contributed by atoms with E-state index in [1.54, 1.807) is 36.4 Å². The Hall–Kier alpha value is -2.63. The third-order valence-corrected chi connectivity index (χ3v) is 4.56. The lowest BCUT2D eigenvalue weighted by Crippen LogP contribution is -2.27. The fourth-order valence-corrected chi connectivity index (χ4v) is 2.84. The molecule has 0 aliphatic heterocycles. The molecular formula is C22H24ClNO4. The maximum atomic E-state index is 12.5. The van der Waals surface area contributed by atoms with E-state index >= 15 is 0 Å². The van der Waals surface area contributed by atoms with Crippen LogP contribution in [0.25, 0.3) is 0 Å². The van der Waals surface area contributed by atoms with E-state index in [9.17, 15) is 14.8 Å². The van der Waals surface area contributed by atoms with Crippen LogP contribution in [0.2, 0.25) is 5.02 Å². The Morgan fingerprint density at radius 2 is 1.89 bits per heavy atom. The molecule has 0 spiro atoms. The molecule has 1 N–H and O–H groups in total. The fourth-order valence-electron chi connectivity index (χ4n) is 2.64. The molecule has 1 atom stereocenters. The number of hydrogen-bond acceptors (Lipinski definition) is 4. The van der Waals surface area contributed by atoms with Crippen molar-refractivity contribution in [1.82, 2.24) is 0 Å². The van der Waals surface area contributed by atoms with Crippen LogP contribution in [0.4, 0.5) is 5.69 Å². The highest BCUT2D eigenvalue weighted by molar-refractivity contribution is 6.34. The minimum Gasteiger partial charge on any atom is -0.455 e. The van der Waals surface area contributed by atoms with Gasteiger partial charge in [0.1, 0.15) is 6.10 Å². The molecule has 0 radical (unpaired) electrons. The lowest BCUT2D eigenvalue weighted by Gasteiger charge is -2.18. The number of halogens is 1. The summed E-state index contributed by atoms with van der Waals surface area (Å²) in [4.78, 5) is 24.9. The van der Waals surface area contributed by atoms with Gasteiger partial charge < -0.3 is 4.74 Å². The van der Waals surface area contributed by atoms with E-state index < -0.39 is 18.0 Å². The van der Waals surface area contributed by atoms with Crippen molar-refractivity contribution >= 4 is 29.2 Å². The Bertz CT molecular complexity index is 823. The molecule has 2 rings (SSSR count).